The van der Waals surface area contributed by atoms with Gasteiger partial charge in [-0.15, -0.1) is 11.3 Å². The van der Waals surface area contributed by atoms with Crippen molar-refractivity contribution in [2.75, 3.05) is 0 Å². The quantitative estimate of drug-likeness (QED) is 0.845. The van der Waals surface area contributed by atoms with Crippen molar-refractivity contribution in [3.8, 4) is 16.5 Å². The maximum absolute atomic E-state index is 11.6. The molecule has 0 spiro atoms. The van der Waals surface area contributed by atoms with Gasteiger partial charge in [0.2, 0.25) is 5.88 Å². The number of carbonyl (C=O) groups is 1. The summed E-state index contributed by atoms with van der Waals surface area (Å²) in [7, 11) is 0. The number of Topliss-reactive ketones (excluding diaryl/α,β-unsaturated/α-hetero) is 1. The van der Waals surface area contributed by atoms with E-state index in [1.807, 2.05) is 31.2 Å². The maximum Gasteiger partial charge on any atom is 0.233 e. The summed E-state index contributed by atoms with van der Waals surface area (Å²) in [5, 5.41) is 10.4. The average molecular weight is 247 g/mol. The molecular weight excluding hydrogens is 234 g/mol. The Bertz CT molecular complexity index is 560. The lowest BCUT2D eigenvalue weighted by atomic mass is 10.1. The topological polar surface area (TPSA) is 50.2 Å². The molecule has 0 bridgehead atoms. The van der Waals surface area contributed by atoms with Gasteiger partial charge in [0.05, 0.1) is 0 Å². The second kappa shape index (κ2) is 4.67. The predicted molar refractivity (Wildman–Crippen MR) is 68.6 cm³/mol. The molecule has 0 atom stereocenters. The van der Waals surface area contributed by atoms with Crippen LogP contribution in [0.2, 0.25) is 0 Å². The van der Waals surface area contributed by atoms with Crippen molar-refractivity contribution >= 4 is 17.1 Å². The number of hydrogen-bond donors (Lipinski definition) is 1. The fourth-order valence-corrected chi connectivity index (χ4v) is 2.64. The molecule has 1 heterocycles. The summed E-state index contributed by atoms with van der Waals surface area (Å²) in [5.74, 6) is -0.222. The third-order valence-electron chi connectivity index (χ3n) is 2.56. The van der Waals surface area contributed by atoms with Gasteiger partial charge in [-0.25, -0.2) is 4.98 Å². The number of carbonyl (C=O) groups excluding carboxylic acids is 1. The number of hydrogen-bond acceptors (Lipinski definition) is 4. The van der Waals surface area contributed by atoms with Crippen LogP contribution in [0, 0.1) is 6.92 Å². The molecule has 88 valence electrons. The summed E-state index contributed by atoms with van der Waals surface area (Å²) in [4.78, 5) is 16.0. The standard InChI is InChI=1S/C13H13NO2S/c1-3-10(15)11-12(16)14-13(17-11)9-7-5-4-6-8(9)2/h4-7,16H,3H2,1-2H3. The second-order valence-electron chi connectivity index (χ2n) is 3.76. The number of ketones is 1. The first-order valence-corrected chi connectivity index (χ1v) is 6.24. The number of nitrogens with zero attached hydrogens (tertiary/aromatic N) is 1. The summed E-state index contributed by atoms with van der Waals surface area (Å²) >= 11 is 1.25. The van der Waals surface area contributed by atoms with Crippen LogP contribution in [0.1, 0.15) is 28.6 Å². The second-order valence-corrected chi connectivity index (χ2v) is 4.76. The van der Waals surface area contributed by atoms with Gasteiger partial charge >= 0.3 is 0 Å². The smallest absolute Gasteiger partial charge is 0.233 e. The molecule has 2 rings (SSSR count). The number of thiazole rings is 1. The molecule has 2 aromatic rings. The number of rotatable bonds is 3. The highest BCUT2D eigenvalue weighted by Gasteiger charge is 2.17. The van der Waals surface area contributed by atoms with E-state index in [9.17, 15) is 9.90 Å². The Morgan fingerprint density at radius 1 is 1.41 bits per heavy atom. The average Bonchev–Trinajstić information content (AvgIpc) is 2.71. The first-order valence-electron chi connectivity index (χ1n) is 5.42. The van der Waals surface area contributed by atoms with E-state index in [4.69, 9.17) is 0 Å². The first-order chi connectivity index (χ1) is 8.13. The van der Waals surface area contributed by atoms with E-state index in [0.29, 0.717) is 16.3 Å². The van der Waals surface area contributed by atoms with Gasteiger partial charge in [-0.2, -0.15) is 0 Å². The molecule has 1 N–H and O–H groups in total. The van der Waals surface area contributed by atoms with Crippen LogP contribution in [-0.2, 0) is 0 Å². The van der Waals surface area contributed by atoms with Gasteiger partial charge in [0.1, 0.15) is 9.88 Å². The molecule has 4 heteroatoms. The van der Waals surface area contributed by atoms with Crippen LogP contribution in [0.5, 0.6) is 5.88 Å². The molecule has 0 fully saturated rings. The highest BCUT2D eigenvalue weighted by molar-refractivity contribution is 7.17. The zero-order chi connectivity index (χ0) is 12.4. The summed E-state index contributed by atoms with van der Waals surface area (Å²) in [6.45, 7) is 3.75. The van der Waals surface area contributed by atoms with Crippen LogP contribution in [0.15, 0.2) is 24.3 Å². The van der Waals surface area contributed by atoms with Crippen LogP contribution in [0.3, 0.4) is 0 Å². The van der Waals surface area contributed by atoms with E-state index in [-0.39, 0.29) is 11.7 Å². The Hall–Kier alpha value is -1.68. The first kappa shape index (κ1) is 11.8. The van der Waals surface area contributed by atoms with E-state index < -0.39 is 0 Å². The molecule has 0 saturated heterocycles. The van der Waals surface area contributed by atoms with E-state index in [2.05, 4.69) is 4.98 Å². The lowest BCUT2D eigenvalue weighted by Gasteiger charge is -1.99. The predicted octanol–water partition coefficient (Wildman–Crippen LogP) is 3.42. The molecule has 0 radical (unpaired) electrons. The minimum atomic E-state index is -0.153. The van der Waals surface area contributed by atoms with Crippen LogP contribution >= 0.6 is 11.3 Å². The molecule has 1 aromatic heterocycles. The summed E-state index contributed by atoms with van der Waals surface area (Å²) < 4.78 is 0. The van der Waals surface area contributed by atoms with Crippen molar-refractivity contribution in [3.63, 3.8) is 0 Å². The largest absolute Gasteiger partial charge is 0.492 e. The lowest BCUT2D eigenvalue weighted by Crippen LogP contribution is -1.92. The van der Waals surface area contributed by atoms with Gasteiger partial charge in [-0.05, 0) is 12.5 Å². The van der Waals surface area contributed by atoms with Crippen molar-refractivity contribution in [2.45, 2.75) is 20.3 Å². The van der Waals surface area contributed by atoms with Gasteiger partial charge in [-0.1, -0.05) is 31.2 Å². The van der Waals surface area contributed by atoms with Gasteiger partial charge in [0, 0.05) is 12.0 Å². The van der Waals surface area contributed by atoms with Crippen molar-refractivity contribution < 1.29 is 9.90 Å². The number of aryl methyl sites for hydroxylation is 1. The zero-order valence-electron chi connectivity index (χ0n) is 9.73. The fourth-order valence-electron chi connectivity index (χ4n) is 1.58. The maximum atomic E-state index is 11.6. The Kier molecular flexibility index (Phi) is 3.24. The number of aromatic hydroxyl groups is 1. The van der Waals surface area contributed by atoms with E-state index in [1.54, 1.807) is 6.92 Å². The van der Waals surface area contributed by atoms with Crippen LogP contribution < -0.4 is 0 Å². The van der Waals surface area contributed by atoms with Gasteiger partial charge in [-0.3, -0.25) is 4.79 Å². The molecule has 0 aliphatic heterocycles. The lowest BCUT2D eigenvalue weighted by molar-refractivity contribution is 0.0989. The molecule has 0 amide bonds. The third-order valence-corrected chi connectivity index (χ3v) is 3.68. The number of aromatic nitrogens is 1. The fraction of sp³-hybridized carbons (Fsp3) is 0.231. The molecule has 0 aliphatic rings. The van der Waals surface area contributed by atoms with Crippen molar-refractivity contribution in [1.82, 2.24) is 4.98 Å². The Labute approximate surface area is 104 Å². The molecule has 17 heavy (non-hydrogen) atoms. The van der Waals surface area contributed by atoms with E-state index in [1.165, 1.54) is 11.3 Å². The Morgan fingerprint density at radius 3 is 2.76 bits per heavy atom. The van der Waals surface area contributed by atoms with Gasteiger partial charge < -0.3 is 5.11 Å². The summed E-state index contributed by atoms with van der Waals surface area (Å²) in [6.07, 6.45) is 0.378. The minimum absolute atomic E-state index is 0.0696. The van der Waals surface area contributed by atoms with E-state index in [0.717, 1.165) is 11.1 Å². The molecule has 3 nitrogen and oxygen atoms in total. The Morgan fingerprint density at radius 2 is 2.12 bits per heavy atom. The van der Waals surface area contributed by atoms with Crippen LogP contribution in [-0.4, -0.2) is 15.9 Å². The molecule has 0 aliphatic carbocycles. The SMILES string of the molecule is CCC(=O)c1sc(-c2ccccc2C)nc1O. The summed E-state index contributed by atoms with van der Waals surface area (Å²) in [5.41, 5.74) is 2.04. The van der Waals surface area contributed by atoms with Crippen LogP contribution in [0.4, 0.5) is 0 Å². The highest BCUT2D eigenvalue weighted by atomic mass is 32.1. The van der Waals surface area contributed by atoms with Crippen molar-refractivity contribution in [2.24, 2.45) is 0 Å². The third kappa shape index (κ3) is 2.22. The van der Waals surface area contributed by atoms with Gasteiger partial charge in [0.25, 0.3) is 0 Å². The van der Waals surface area contributed by atoms with Crippen LogP contribution in [0.25, 0.3) is 10.6 Å². The summed E-state index contributed by atoms with van der Waals surface area (Å²) in [6, 6.07) is 7.79. The minimum Gasteiger partial charge on any atom is -0.492 e. The van der Waals surface area contributed by atoms with Crippen molar-refractivity contribution in [1.29, 1.82) is 0 Å². The normalized spacial score (nSPS) is 10.5. The zero-order valence-corrected chi connectivity index (χ0v) is 10.5. The van der Waals surface area contributed by atoms with E-state index >= 15 is 0 Å². The van der Waals surface area contributed by atoms with Crippen molar-refractivity contribution in [3.05, 3.63) is 34.7 Å². The monoisotopic (exact) mass is 247 g/mol. The Balaban J connectivity index is 2.49. The van der Waals surface area contributed by atoms with Gasteiger partial charge in [0.15, 0.2) is 5.78 Å². The molecular formula is C13H13NO2S. The molecule has 1 aromatic carbocycles. The molecule has 0 saturated carbocycles. The molecule has 0 unspecified atom stereocenters. The number of benzene rings is 1. The highest BCUT2D eigenvalue weighted by Crippen LogP contribution is 2.33.